The SMILES string of the molecule is CC(C)Oc1ccc(S(=O)(=O)NC2CCNC2)cc1. The van der Waals surface area contributed by atoms with Crippen LogP contribution in [0, 0.1) is 0 Å². The highest BCUT2D eigenvalue weighted by atomic mass is 32.2. The summed E-state index contributed by atoms with van der Waals surface area (Å²) in [5, 5.41) is 3.13. The van der Waals surface area contributed by atoms with Crippen LogP contribution < -0.4 is 14.8 Å². The van der Waals surface area contributed by atoms with Crippen molar-refractivity contribution in [3.8, 4) is 5.75 Å². The summed E-state index contributed by atoms with van der Waals surface area (Å²) >= 11 is 0. The van der Waals surface area contributed by atoms with Crippen molar-refractivity contribution < 1.29 is 13.2 Å². The first-order valence-corrected chi connectivity index (χ1v) is 7.95. The molecule has 1 fully saturated rings. The maximum Gasteiger partial charge on any atom is 0.240 e. The van der Waals surface area contributed by atoms with Crippen LogP contribution in [0.1, 0.15) is 20.3 Å². The molecule has 1 aliphatic rings. The molecular weight excluding hydrogens is 264 g/mol. The molecule has 5 nitrogen and oxygen atoms in total. The van der Waals surface area contributed by atoms with Crippen LogP contribution in [0.2, 0.25) is 0 Å². The van der Waals surface area contributed by atoms with Crippen LogP contribution in [0.3, 0.4) is 0 Å². The molecule has 19 heavy (non-hydrogen) atoms. The van der Waals surface area contributed by atoms with Gasteiger partial charge < -0.3 is 10.1 Å². The van der Waals surface area contributed by atoms with Crippen LogP contribution in [0.4, 0.5) is 0 Å². The maximum absolute atomic E-state index is 12.1. The minimum atomic E-state index is -3.43. The second kappa shape index (κ2) is 5.90. The molecule has 1 saturated heterocycles. The van der Waals surface area contributed by atoms with Crippen LogP contribution in [0.5, 0.6) is 5.75 Å². The average Bonchev–Trinajstić information content (AvgIpc) is 2.81. The van der Waals surface area contributed by atoms with Gasteiger partial charge in [0, 0.05) is 12.6 Å². The zero-order valence-electron chi connectivity index (χ0n) is 11.2. The normalized spacial score (nSPS) is 19.8. The molecule has 1 aromatic carbocycles. The Morgan fingerprint density at radius 2 is 2.00 bits per heavy atom. The van der Waals surface area contributed by atoms with Crippen molar-refractivity contribution in [2.75, 3.05) is 13.1 Å². The van der Waals surface area contributed by atoms with E-state index in [0.717, 1.165) is 13.0 Å². The van der Waals surface area contributed by atoms with Gasteiger partial charge in [-0.1, -0.05) is 0 Å². The van der Waals surface area contributed by atoms with Crippen LogP contribution in [-0.4, -0.2) is 33.7 Å². The van der Waals surface area contributed by atoms with E-state index in [2.05, 4.69) is 10.0 Å². The van der Waals surface area contributed by atoms with E-state index in [1.165, 1.54) is 0 Å². The molecule has 2 N–H and O–H groups in total. The predicted molar refractivity (Wildman–Crippen MR) is 73.8 cm³/mol. The third-order valence-electron chi connectivity index (χ3n) is 2.89. The van der Waals surface area contributed by atoms with Gasteiger partial charge in [0.1, 0.15) is 5.75 Å². The van der Waals surface area contributed by atoms with E-state index in [4.69, 9.17) is 4.74 Å². The minimum Gasteiger partial charge on any atom is -0.491 e. The largest absolute Gasteiger partial charge is 0.491 e. The Labute approximate surface area is 114 Å². The van der Waals surface area contributed by atoms with Crippen LogP contribution in [0.25, 0.3) is 0 Å². The van der Waals surface area contributed by atoms with Crippen LogP contribution >= 0.6 is 0 Å². The molecule has 0 aromatic heterocycles. The van der Waals surface area contributed by atoms with Crippen molar-refractivity contribution >= 4 is 10.0 Å². The average molecular weight is 284 g/mol. The van der Waals surface area contributed by atoms with Gasteiger partial charge in [-0.15, -0.1) is 0 Å². The Kier molecular flexibility index (Phi) is 4.44. The minimum absolute atomic E-state index is 0.0170. The molecule has 0 saturated carbocycles. The van der Waals surface area contributed by atoms with Gasteiger partial charge in [0.05, 0.1) is 11.0 Å². The molecule has 0 aliphatic carbocycles. The van der Waals surface area contributed by atoms with Gasteiger partial charge in [0.2, 0.25) is 10.0 Å². The molecular formula is C13H20N2O3S. The molecule has 0 bridgehead atoms. The van der Waals surface area contributed by atoms with Gasteiger partial charge in [-0.2, -0.15) is 0 Å². The molecule has 0 amide bonds. The molecule has 1 aliphatic heterocycles. The molecule has 1 heterocycles. The highest BCUT2D eigenvalue weighted by Crippen LogP contribution is 2.17. The summed E-state index contributed by atoms with van der Waals surface area (Å²) < 4.78 is 32.5. The lowest BCUT2D eigenvalue weighted by atomic mass is 10.3. The summed E-state index contributed by atoms with van der Waals surface area (Å²) in [6.45, 7) is 5.40. The fourth-order valence-corrected chi connectivity index (χ4v) is 3.28. The first-order chi connectivity index (χ1) is 8.97. The number of hydrogen-bond acceptors (Lipinski definition) is 4. The first kappa shape index (κ1) is 14.3. The third-order valence-corrected chi connectivity index (χ3v) is 4.42. The van der Waals surface area contributed by atoms with E-state index >= 15 is 0 Å². The highest BCUT2D eigenvalue weighted by Gasteiger charge is 2.22. The van der Waals surface area contributed by atoms with E-state index in [9.17, 15) is 8.42 Å². The first-order valence-electron chi connectivity index (χ1n) is 6.47. The fourth-order valence-electron chi connectivity index (χ4n) is 2.01. The van der Waals surface area contributed by atoms with Crippen molar-refractivity contribution in [1.29, 1.82) is 0 Å². The molecule has 0 spiro atoms. The lowest BCUT2D eigenvalue weighted by Gasteiger charge is -2.13. The summed E-state index contributed by atoms with van der Waals surface area (Å²) in [4.78, 5) is 0.274. The van der Waals surface area contributed by atoms with Gasteiger partial charge in [-0.05, 0) is 51.1 Å². The lowest BCUT2D eigenvalue weighted by molar-refractivity contribution is 0.242. The number of rotatable bonds is 5. The predicted octanol–water partition coefficient (Wildman–Crippen LogP) is 1.11. The van der Waals surface area contributed by atoms with Gasteiger partial charge in [0.25, 0.3) is 0 Å². The summed E-state index contributed by atoms with van der Waals surface area (Å²) in [7, 11) is -3.43. The second-order valence-corrected chi connectivity index (χ2v) is 6.66. The Balaban J connectivity index is 2.07. The molecule has 0 radical (unpaired) electrons. The zero-order chi connectivity index (χ0) is 13.9. The molecule has 1 unspecified atom stereocenters. The van der Waals surface area contributed by atoms with Gasteiger partial charge in [0.15, 0.2) is 0 Å². The zero-order valence-corrected chi connectivity index (χ0v) is 12.0. The Morgan fingerprint density at radius 1 is 1.32 bits per heavy atom. The Hall–Kier alpha value is -1.11. The van der Waals surface area contributed by atoms with E-state index in [1.54, 1.807) is 24.3 Å². The maximum atomic E-state index is 12.1. The molecule has 1 aromatic rings. The van der Waals surface area contributed by atoms with Crippen molar-refractivity contribution in [2.24, 2.45) is 0 Å². The molecule has 1 atom stereocenters. The van der Waals surface area contributed by atoms with Gasteiger partial charge in [-0.25, -0.2) is 13.1 Å². The van der Waals surface area contributed by atoms with Gasteiger partial charge in [-0.3, -0.25) is 0 Å². The number of ether oxygens (including phenoxy) is 1. The standard InChI is InChI=1S/C13H20N2O3S/c1-10(2)18-12-3-5-13(6-4-12)19(16,17)15-11-7-8-14-9-11/h3-6,10-11,14-15H,7-9H2,1-2H3. The van der Waals surface area contributed by atoms with E-state index in [-0.39, 0.29) is 17.0 Å². The van der Waals surface area contributed by atoms with Crippen molar-refractivity contribution in [3.63, 3.8) is 0 Å². The van der Waals surface area contributed by atoms with E-state index in [0.29, 0.717) is 12.3 Å². The van der Waals surface area contributed by atoms with E-state index < -0.39 is 10.0 Å². The number of benzene rings is 1. The van der Waals surface area contributed by atoms with Crippen LogP contribution in [-0.2, 0) is 10.0 Å². The molecule has 106 valence electrons. The number of nitrogens with one attached hydrogen (secondary N) is 2. The van der Waals surface area contributed by atoms with Gasteiger partial charge >= 0.3 is 0 Å². The quantitative estimate of drug-likeness (QED) is 0.850. The highest BCUT2D eigenvalue weighted by molar-refractivity contribution is 7.89. The molecule has 6 heteroatoms. The monoisotopic (exact) mass is 284 g/mol. The molecule has 2 rings (SSSR count). The van der Waals surface area contributed by atoms with E-state index in [1.807, 2.05) is 13.8 Å². The second-order valence-electron chi connectivity index (χ2n) is 4.95. The third kappa shape index (κ3) is 3.92. The number of sulfonamides is 1. The van der Waals surface area contributed by atoms with Crippen molar-refractivity contribution in [1.82, 2.24) is 10.0 Å². The summed E-state index contributed by atoms with van der Waals surface area (Å²) in [6.07, 6.45) is 0.901. The summed E-state index contributed by atoms with van der Waals surface area (Å²) in [5.41, 5.74) is 0. The summed E-state index contributed by atoms with van der Waals surface area (Å²) in [5.74, 6) is 0.677. The Morgan fingerprint density at radius 3 is 2.53 bits per heavy atom. The number of hydrogen-bond donors (Lipinski definition) is 2. The topological polar surface area (TPSA) is 67.4 Å². The fraction of sp³-hybridized carbons (Fsp3) is 0.538. The van der Waals surface area contributed by atoms with Crippen molar-refractivity contribution in [2.45, 2.75) is 37.3 Å². The lowest BCUT2D eigenvalue weighted by Crippen LogP contribution is -2.36. The van der Waals surface area contributed by atoms with Crippen LogP contribution in [0.15, 0.2) is 29.2 Å². The van der Waals surface area contributed by atoms with Crippen molar-refractivity contribution in [3.05, 3.63) is 24.3 Å². The summed E-state index contributed by atoms with van der Waals surface area (Å²) in [6, 6.07) is 6.49. The Bertz CT molecular complexity index is 505. The smallest absolute Gasteiger partial charge is 0.240 e.